The van der Waals surface area contributed by atoms with E-state index >= 15 is 0 Å². The lowest BCUT2D eigenvalue weighted by molar-refractivity contribution is -0.137. The van der Waals surface area contributed by atoms with Gasteiger partial charge in [0.05, 0.1) is 29.6 Å². The first-order chi connectivity index (χ1) is 18.0. The van der Waals surface area contributed by atoms with Crippen LogP contribution in [-0.4, -0.2) is 61.6 Å². The molecule has 9 nitrogen and oxygen atoms in total. The van der Waals surface area contributed by atoms with Crippen molar-refractivity contribution in [1.82, 2.24) is 19.7 Å². The third kappa shape index (κ3) is 5.51. The third-order valence-corrected chi connectivity index (χ3v) is 7.55. The fourth-order valence-corrected chi connectivity index (χ4v) is 5.32. The Morgan fingerprint density at radius 2 is 1.97 bits per heavy atom. The summed E-state index contributed by atoms with van der Waals surface area (Å²) in [6.07, 6.45) is 10.4. The van der Waals surface area contributed by atoms with E-state index in [1.807, 2.05) is 69.5 Å². The van der Waals surface area contributed by atoms with E-state index in [-0.39, 0.29) is 17.9 Å². The van der Waals surface area contributed by atoms with Crippen LogP contribution in [-0.2, 0) is 11.3 Å². The summed E-state index contributed by atoms with van der Waals surface area (Å²) < 4.78 is 1.86. The lowest BCUT2D eigenvalue weighted by Gasteiger charge is -2.40. The molecule has 2 aliphatic heterocycles. The van der Waals surface area contributed by atoms with Crippen molar-refractivity contribution in [3.05, 3.63) is 66.6 Å². The van der Waals surface area contributed by atoms with Crippen molar-refractivity contribution in [2.75, 3.05) is 23.4 Å². The predicted molar refractivity (Wildman–Crippen MR) is 143 cm³/mol. The molecule has 1 aromatic carbocycles. The van der Waals surface area contributed by atoms with Gasteiger partial charge in [0.25, 0.3) is 0 Å². The SMILES string of the molecule is O=C(C1CC1)N1CCC(O)(CC2CC=NN2c2cccc(Nc3ccn(Cc4ccccn4)n3)c2)CC1. The van der Waals surface area contributed by atoms with Crippen LogP contribution < -0.4 is 10.3 Å². The summed E-state index contributed by atoms with van der Waals surface area (Å²) in [5.41, 5.74) is 2.08. The molecule has 192 valence electrons. The van der Waals surface area contributed by atoms with Gasteiger partial charge < -0.3 is 15.3 Å². The number of nitrogens with one attached hydrogen (secondary N) is 1. The number of amides is 1. The first-order valence-electron chi connectivity index (χ1n) is 13.2. The molecule has 0 spiro atoms. The number of carbonyl (C=O) groups excluding carboxylic acids is 1. The summed E-state index contributed by atoms with van der Waals surface area (Å²) in [6, 6.07) is 16.0. The Bertz CT molecular complexity index is 1260. The quantitative estimate of drug-likeness (QED) is 0.489. The number of nitrogens with zero attached hydrogens (tertiary/aromatic N) is 6. The van der Waals surface area contributed by atoms with Crippen LogP contribution in [0.15, 0.2) is 66.0 Å². The van der Waals surface area contributed by atoms with Crippen molar-refractivity contribution >= 4 is 29.3 Å². The minimum Gasteiger partial charge on any atom is -0.390 e. The van der Waals surface area contributed by atoms with E-state index in [0.717, 1.165) is 42.1 Å². The molecule has 1 unspecified atom stereocenters. The minimum absolute atomic E-state index is 0.0866. The molecule has 1 aliphatic carbocycles. The average Bonchev–Trinajstić information content (AvgIpc) is 3.52. The first-order valence-corrected chi connectivity index (χ1v) is 13.2. The molecule has 1 amide bonds. The van der Waals surface area contributed by atoms with Crippen molar-refractivity contribution in [2.45, 2.75) is 56.7 Å². The maximum absolute atomic E-state index is 12.4. The molecule has 6 rings (SSSR count). The Kier molecular flexibility index (Phi) is 6.38. The normalized spacial score (nSPS) is 20.8. The number of rotatable bonds is 8. The second-order valence-corrected chi connectivity index (χ2v) is 10.5. The second-order valence-electron chi connectivity index (χ2n) is 10.5. The molecular weight excluding hydrogens is 466 g/mol. The first kappa shape index (κ1) is 23.7. The highest BCUT2D eigenvalue weighted by molar-refractivity contribution is 5.81. The lowest BCUT2D eigenvalue weighted by atomic mass is 9.84. The maximum Gasteiger partial charge on any atom is 0.225 e. The maximum atomic E-state index is 12.4. The Hall–Kier alpha value is -3.72. The highest BCUT2D eigenvalue weighted by atomic mass is 16.3. The number of hydrogen-bond acceptors (Lipinski definition) is 7. The van der Waals surface area contributed by atoms with Crippen molar-refractivity contribution in [3.63, 3.8) is 0 Å². The number of benzene rings is 1. The summed E-state index contributed by atoms with van der Waals surface area (Å²) in [5.74, 6) is 1.27. The highest BCUT2D eigenvalue weighted by Crippen LogP contribution is 2.36. The van der Waals surface area contributed by atoms with Gasteiger partial charge in [-0.25, -0.2) is 0 Å². The molecule has 0 radical (unpaired) electrons. The fraction of sp³-hybridized carbons (Fsp3) is 0.429. The number of aliphatic hydroxyl groups is 1. The molecule has 1 saturated heterocycles. The van der Waals surface area contributed by atoms with Crippen molar-refractivity contribution in [3.8, 4) is 0 Å². The van der Waals surface area contributed by atoms with Crippen LogP contribution in [0.25, 0.3) is 0 Å². The molecule has 2 fully saturated rings. The van der Waals surface area contributed by atoms with Gasteiger partial charge in [0, 0.05) is 55.8 Å². The molecule has 1 saturated carbocycles. The van der Waals surface area contributed by atoms with Crippen LogP contribution in [0.1, 0.15) is 44.2 Å². The van der Waals surface area contributed by atoms with Crippen molar-refractivity contribution < 1.29 is 9.90 Å². The van der Waals surface area contributed by atoms with E-state index in [4.69, 9.17) is 0 Å². The zero-order valence-electron chi connectivity index (χ0n) is 20.9. The van der Waals surface area contributed by atoms with Gasteiger partial charge in [0.1, 0.15) is 0 Å². The Morgan fingerprint density at radius 3 is 2.76 bits per heavy atom. The molecule has 2 N–H and O–H groups in total. The average molecular weight is 500 g/mol. The van der Waals surface area contributed by atoms with Gasteiger partial charge in [-0.1, -0.05) is 12.1 Å². The monoisotopic (exact) mass is 499 g/mol. The number of aromatic nitrogens is 3. The highest BCUT2D eigenvalue weighted by Gasteiger charge is 2.41. The Balaban J connectivity index is 1.08. The molecule has 3 aliphatic rings. The Morgan fingerprint density at radius 1 is 1.11 bits per heavy atom. The van der Waals surface area contributed by atoms with Crippen molar-refractivity contribution in [2.24, 2.45) is 11.0 Å². The molecule has 2 aromatic heterocycles. The summed E-state index contributed by atoms with van der Waals surface area (Å²) in [4.78, 5) is 18.7. The van der Waals surface area contributed by atoms with Gasteiger partial charge in [0.15, 0.2) is 5.82 Å². The van der Waals surface area contributed by atoms with Gasteiger partial charge in [-0.2, -0.15) is 10.2 Å². The predicted octanol–water partition coefficient (Wildman–Crippen LogP) is 3.79. The molecule has 37 heavy (non-hydrogen) atoms. The summed E-state index contributed by atoms with van der Waals surface area (Å²) in [5, 5.41) is 26.0. The number of likely N-dealkylation sites (tertiary alicyclic amines) is 1. The van der Waals surface area contributed by atoms with E-state index in [2.05, 4.69) is 26.6 Å². The van der Waals surface area contributed by atoms with Crippen LogP contribution in [0.5, 0.6) is 0 Å². The van der Waals surface area contributed by atoms with Crippen LogP contribution >= 0.6 is 0 Å². The zero-order valence-corrected chi connectivity index (χ0v) is 20.9. The van der Waals surface area contributed by atoms with E-state index in [1.54, 1.807) is 6.20 Å². The summed E-state index contributed by atoms with van der Waals surface area (Å²) in [7, 11) is 0. The number of hydrogen-bond donors (Lipinski definition) is 2. The van der Waals surface area contributed by atoms with E-state index < -0.39 is 5.60 Å². The van der Waals surface area contributed by atoms with E-state index in [9.17, 15) is 9.90 Å². The number of pyridine rings is 1. The Labute approximate surface area is 216 Å². The van der Waals surface area contributed by atoms with Gasteiger partial charge in [-0.15, -0.1) is 0 Å². The molecule has 0 bridgehead atoms. The number of piperidine rings is 1. The minimum atomic E-state index is -0.771. The van der Waals surface area contributed by atoms with Crippen LogP contribution in [0.2, 0.25) is 0 Å². The standard InChI is InChI=1S/C28H33N7O2/c36-27(21-7-8-21)33-16-11-28(37,12-17-33)19-25-9-14-30-35(25)24-6-3-5-22(18-24)31-26-10-15-34(32-26)20-23-4-1-2-13-29-23/h1-6,10,13-15,18,21,25,37H,7-9,11-12,16-17,19-20H2,(H,31,32). The van der Waals surface area contributed by atoms with Gasteiger partial charge in [-0.3, -0.25) is 19.5 Å². The van der Waals surface area contributed by atoms with Gasteiger partial charge >= 0.3 is 0 Å². The van der Waals surface area contributed by atoms with Crippen LogP contribution in [0.3, 0.4) is 0 Å². The topological polar surface area (TPSA) is 98.9 Å². The number of hydrazone groups is 1. The molecular formula is C28H33N7O2. The zero-order chi connectivity index (χ0) is 25.2. The largest absolute Gasteiger partial charge is 0.390 e. The van der Waals surface area contributed by atoms with Gasteiger partial charge in [-0.05, 0) is 62.4 Å². The molecule has 3 aromatic rings. The second kappa shape index (κ2) is 9.97. The van der Waals surface area contributed by atoms with Crippen LogP contribution in [0, 0.1) is 5.92 Å². The molecule has 4 heterocycles. The van der Waals surface area contributed by atoms with Gasteiger partial charge in [0.2, 0.25) is 5.91 Å². The van der Waals surface area contributed by atoms with E-state index in [1.165, 1.54) is 0 Å². The molecule has 1 atom stereocenters. The van der Waals surface area contributed by atoms with Crippen LogP contribution in [0.4, 0.5) is 17.2 Å². The number of carbonyl (C=O) groups is 1. The number of anilines is 3. The van der Waals surface area contributed by atoms with Crippen molar-refractivity contribution in [1.29, 1.82) is 0 Å². The fourth-order valence-electron chi connectivity index (χ4n) is 5.32. The summed E-state index contributed by atoms with van der Waals surface area (Å²) in [6.45, 7) is 1.90. The lowest BCUT2D eigenvalue weighted by Crippen LogP contribution is -2.49. The summed E-state index contributed by atoms with van der Waals surface area (Å²) >= 11 is 0. The smallest absolute Gasteiger partial charge is 0.225 e. The molecule has 9 heteroatoms. The van der Waals surface area contributed by atoms with E-state index in [0.29, 0.717) is 38.9 Å². The third-order valence-electron chi connectivity index (χ3n) is 7.55.